The number of urea groups is 1. The number of thiophene rings is 1. The number of fused-ring (bicyclic) bond motifs is 3. The van der Waals surface area contributed by atoms with E-state index in [9.17, 15) is 14.4 Å². The van der Waals surface area contributed by atoms with Crippen LogP contribution in [-0.2, 0) is 24.2 Å². The molecule has 1 saturated carbocycles. The molecule has 0 spiro atoms. The summed E-state index contributed by atoms with van der Waals surface area (Å²) in [5, 5.41) is 5.90. The minimum atomic E-state index is -0.507. The summed E-state index contributed by atoms with van der Waals surface area (Å²) in [6.07, 6.45) is 8.64. The number of carbonyl (C=O) groups excluding carboxylic acids is 2. The Kier molecular flexibility index (Phi) is 5.72. The second kappa shape index (κ2) is 8.26. The maximum Gasteiger partial charge on any atom is 0.321 e. The minimum Gasteiger partial charge on any atom is -0.335 e. The first-order valence-electron chi connectivity index (χ1n) is 10.5. The van der Waals surface area contributed by atoms with E-state index in [4.69, 9.17) is 0 Å². The number of amides is 3. The molecule has 0 bridgehead atoms. The van der Waals surface area contributed by atoms with Crippen molar-refractivity contribution in [2.45, 2.75) is 71.4 Å². The number of carbonyl (C=O) groups is 2. The van der Waals surface area contributed by atoms with Crippen molar-refractivity contribution in [3.63, 3.8) is 0 Å². The number of nitrogens with one attached hydrogen (secondary N) is 2. The Morgan fingerprint density at radius 3 is 2.83 bits per heavy atom. The van der Waals surface area contributed by atoms with Crippen molar-refractivity contribution in [2.24, 2.45) is 11.8 Å². The number of imide groups is 1. The molecule has 7 nitrogen and oxygen atoms in total. The van der Waals surface area contributed by atoms with Crippen molar-refractivity contribution >= 4 is 33.5 Å². The van der Waals surface area contributed by atoms with Crippen LogP contribution in [-0.4, -0.2) is 27.5 Å². The van der Waals surface area contributed by atoms with Crippen molar-refractivity contribution in [3.8, 4) is 0 Å². The number of hydrogen-bond acceptors (Lipinski definition) is 5. The molecule has 0 radical (unpaired) electrons. The molecule has 0 aromatic carbocycles. The van der Waals surface area contributed by atoms with Gasteiger partial charge in [0, 0.05) is 10.9 Å². The van der Waals surface area contributed by atoms with Crippen molar-refractivity contribution < 1.29 is 9.59 Å². The molecule has 156 valence electrons. The molecular weight excluding hydrogens is 388 g/mol. The molecule has 3 atom stereocenters. The van der Waals surface area contributed by atoms with E-state index >= 15 is 0 Å². The summed E-state index contributed by atoms with van der Waals surface area (Å²) in [5.74, 6) is 0.521. The highest BCUT2D eigenvalue weighted by Crippen LogP contribution is 2.35. The van der Waals surface area contributed by atoms with Gasteiger partial charge in [0.25, 0.3) is 5.56 Å². The van der Waals surface area contributed by atoms with E-state index in [0.29, 0.717) is 17.2 Å². The van der Waals surface area contributed by atoms with E-state index in [2.05, 4.69) is 29.5 Å². The fraction of sp³-hybridized carbons (Fsp3) is 0.619. The zero-order chi connectivity index (χ0) is 20.5. The first-order chi connectivity index (χ1) is 13.9. The van der Waals surface area contributed by atoms with Gasteiger partial charge < -0.3 is 5.32 Å². The van der Waals surface area contributed by atoms with Crippen LogP contribution in [0.2, 0.25) is 0 Å². The lowest BCUT2D eigenvalue weighted by Crippen LogP contribution is -2.48. The van der Waals surface area contributed by atoms with Crippen LogP contribution in [0.1, 0.15) is 56.4 Å². The molecular formula is C21H28N4O3S. The van der Waals surface area contributed by atoms with E-state index < -0.39 is 11.9 Å². The number of aromatic nitrogens is 2. The van der Waals surface area contributed by atoms with Crippen LogP contribution in [0, 0.1) is 11.8 Å². The Morgan fingerprint density at radius 1 is 1.24 bits per heavy atom. The van der Waals surface area contributed by atoms with Crippen molar-refractivity contribution in [1.82, 2.24) is 20.2 Å². The van der Waals surface area contributed by atoms with Gasteiger partial charge in [0.2, 0.25) is 5.91 Å². The largest absolute Gasteiger partial charge is 0.335 e. The van der Waals surface area contributed by atoms with Gasteiger partial charge in [0.05, 0.1) is 11.7 Å². The first-order valence-corrected chi connectivity index (χ1v) is 11.3. The maximum absolute atomic E-state index is 13.0. The first kappa shape index (κ1) is 20.1. The summed E-state index contributed by atoms with van der Waals surface area (Å²) in [7, 11) is 0. The van der Waals surface area contributed by atoms with Crippen LogP contribution in [0.3, 0.4) is 0 Å². The standard InChI is InChI=1S/C21H28N4O3S/c1-12-7-8-14-16(9-12)29-19-18(14)20(27)25(11-22-19)10-17(26)24-21(28)23-15-6-4-3-5-13(15)2/h11-13,15H,3-10H2,1-2H3,(H2,23,24,26,28)/t12-,13+,15+/m1/s1. The third-order valence-corrected chi connectivity index (χ3v) is 7.44. The molecule has 1 fully saturated rings. The van der Waals surface area contributed by atoms with E-state index in [-0.39, 0.29) is 18.1 Å². The molecule has 8 heteroatoms. The lowest BCUT2D eigenvalue weighted by Gasteiger charge is -2.29. The van der Waals surface area contributed by atoms with Crippen LogP contribution in [0.25, 0.3) is 10.2 Å². The second-order valence-electron chi connectivity index (χ2n) is 8.60. The Balaban J connectivity index is 1.45. The summed E-state index contributed by atoms with van der Waals surface area (Å²) in [4.78, 5) is 43.9. The van der Waals surface area contributed by atoms with E-state index in [1.165, 1.54) is 22.2 Å². The second-order valence-corrected chi connectivity index (χ2v) is 9.68. The van der Waals surface area contributed by atoms with Crippen molar-refractivity contribution in [3.05, 3.63) is 27.1 Å². The molecule has 3 amide bonds. The van der Waals surface area contributed by atoms with Crippen LogP contribution in [0.5, 0.6) is 0 Å². The summed E-state index contributed by atoms with van der Waals surface area (Å²) in [6, 6.07) is -0.394. The molecule has 0 aliphatic heterocycles. The Labute approximate surface area is 173 Å². The molecule has 2 heterocycles. The van der Waals surface area contributed by atoms with Gasteiger partial charge in [-0.15, -0.1) is 11.3 Å². The lowest BCUT2D eigenvalue weighted by atomic mass is 9.86. The fourth-order valence-corrected chi connectivity index (χ4v) is 5.88. The van der Waals surface area contributed by atoms with E-state index in [0.717, 1.165) is 48.9 Å². The Bertz CT molecular complexity index is 996. The molecule has 29 heavy (non-hydrogen) atoms. The highest BCUT2D eigenvalue weighted by molar-refractivity contribution is 7.18. The van der Waals surface area contributed by atoms with Gasteiger partial charge in [-0.25, -0.2) is 9.78 Å². The van der Waals surface area contributed by atoms with Crippen LogP contribution < -0.4 is 16.2 Å². The fourth-order valence-electron chi connectivity index (χ4n) is 4.53. The molecule has 2 N–H and O–H groups in total. The summed E-state index contributed by atoms with van der Waals surface area (Å²) in [6.45, 7) is 4.13. The number of hydrogen-bond donors (Lipinski definition) is 2. The zero-order valence-electron chi connectivity index (χ0n) is 17.0. The van der Waals surface area contributed by atoms with E-state index in [1.807, 2.05) is 0 Å². The predicted octanol–water partition coefficient (Wildman–Crippen LogP) is 2.99. The summed E-state index contributed by atoms with van der Waals surface area (Å²) >= 11 is 1.59. The van der Waals surface area contributed by atoms with Gasteiger partial charge in [0.15, 0.2) is 0 Å². The number of rotatable bonds is 3. The third kappa shape index (κ3) is 4.22. The number of nitrogens with zero attached hydrogens (tertiary/aromatic N) is 2. The number of aryl methyl sites for hydroxylation is 1. The normalized spacial score (nSPS) is 24.1. The third-order valence-electron chi connectivity index (χ3n) is 6.28. The highest BCUT2D eigenvalue weighted by Gasteiger charge is 2.25. The summed E-state index contributed by atoms with van der Waals surface area (Å²) < 4.78 is 1.30. The van der Waals surface area contributed by atoms with Gasteiger partial charge >= 0.3 is 6.03 Å². The summed E-state index contributed by atoms with van der Waals surface area (Å²) in [5.41, 5.74) is 0.901. The molecule has 2 aliphatic rings. The minimum absolute atomic E-state index is 0.0945. The average molecular weight is 417 g/mol. The smallest absolute Gasteiger partial charge is 0.321 e. The Morgan fingerprint density at radius 2 is 2.03 bits per heavy atom. The average Bonchev–Trinajstić information content (AvgIpc) is 3.04. The van der Waals surface area contributed by atoms with Gasteiger partial charge in [0.1, 0.15) is 11.4 Å². The lowest BCUT2D eigenvalue weighted by molar-refractivity contribution is -0.120. The zero-order valence-corrected chi connectivity index (χ0v) is 17.8. The van der Waals surface area contributed by atoms with Crippen LogP contribution >= 0.6 is 11.3 Å². The van der Waals surface area contributed by atoms with Crippen molar-refractivity contribution in [1.29, 1.82) is 0 Å². The topological polar surface area (TPSA) is 93.1 Å². The van der Waals surface area contributed by atoms with Gasteiger partial charge in [-0.2, -0.15) is 0 Å². The molecule has 2 aliphatic carbocycles. The molecule has 0 unspecified atom stereocenters. The van der Waals surface area contributed by atoms with Crippen LogP contribution in [0.4, 0.5) is 4.79 Å². The van der Waals surface area contributed by atoms with Crippen molar-refractivity contribution in [2.75, 3.05) is 0 Å². The monoisotopic (exact) mass is 416 g/mol. The molecule has 4 rings (SSSR count). The van der Waals surface area contributed by atoms with Gasteiger partial charge in [-0.05, 0) is 49.5 Å². The Hall–Kier alpha value is -2.22. The van der Waals surface area contributed by atoms with Crippen LogP contribution in [0.15, 0.2) is 11.1 Å². The molecule has 2 aromatic heterocycles. The predicted molar refractivity (Wildman–Crippen MR) is 113 cm³/mol. The SMILES string of the molecule is C[C@@H]1CCc2c(sc3ncn(CC(=O)NC(=O)N[C@H]4CCCC[C@@H]4C)c(=O)c23)C1. The molecule has 0 saturated heterocycles. The maximum atomic E-state index is 13.0. The van der Waals surface area contributed by atoms with Gasteiger partial charge in [-0.1, -0.05) is 26.7 Å². The molecule has 2 aromatic rings. The van der Waals surface area contributed by atoms with Gasteiger partial charge in [-0.3, -0.25) is 19.5 Å². The van der Waals surface area contributed by atoms with E-state index in [1.54, 1.807) is 11.3 Å². The quantitative estimate of drug-likeness (QED) is 0.804. The highest BCUT2D eigenvalue weighted by atomic mass is 32.1.